The Morgan fingerprint density at radius 2 is 1.62 bits per heavy atom. The summed E-state index contributed by atoms with van der Waals surface area (Å²) in [6.45, 7) is 6.26. The minimum absolute atomic E-state index is 0.0331. The lowest BCUT2D eigenvalue weighted by Gasteiger charge is -2.19. The number of phenolic OH excluding ortho intramolecular Hbond substituents is 1. The third-order valence-corrected chi connectivity index (χ3v) is 2.79. The lowest BCUT2D eigenvalue weighted by atomic mass is 9.86. The summed E-state index contributed by atoms with van der Waals surface area (Å²) in [5.74, 6) is 0.389. The first-order valence-corrected chi connectivity index (χ1v) is 5.88. The smallest absolute Gasteiger partial charge is 0.119 e. The summed E-state index contributed by atoms with van der Waals surface area (Å²) in [5.41, 5.74) is 1.03. The van der Waals surface area contributed by atoms with Crippen molar-refractivity contribution in [3.05, 3.63) is 29.8 Å². The number of para-hydroxylation sites is 1. The molecule has 2 rings (SSSR count). The van der Waals surface area contributed by atoms with E-state index in [0.29, 0.717) is 5.75 Å². The summed E-state index contributed by atoms with van der Waals surface area (Å²) in [4.78, 5) is 0. The van der Waals surface area contributed by atoms with Crippen LogP contribution in [0.25, 0.3) is 0 Å². The van der Waals surface area contributed by atoms with Gasteiger partial charge in [0.25, 0.3) is 0 Å². The van der Waals surface area contributed by atoms with E-state index in [1.165, 1.54) is 6.42 Å². The van der Waals surface area contributed by atoms with Gasteiger partial charge in [-0.2, -0.15) is 0 Å². The van der Waals surface area contributed by atoms with Crippen LogP contribution in [0.5, 0.6) is 5.75 Å². The first-order chi connectivity index (χ1) is 7.41. The first kappa shape index (κ1) is 13.0. The summed E-state index contributed by atoms with van der Waals surface area (Å²) >= 11 is 0. The highest BCUT2D eigenvalue weighted by Crippen LogP contribution is 2.29. The van der Waals surface area contributed by atoms with Crippen molar-refractivity contribution in [1.29, 1.82) is 0 Å². The molecule has 1 aromatic carbocycles. The predicted molar refractivity (Wildman–Crippen MR) is 66.7 cm³/mol. The molecule has 0 spiro atoms. The average Bonchev–Trinajstić information content (AvgIpc) is 2.14. The second kappa shape index (κ2) is 5.35. The summed E-state index contributed by atoms with van der Waals surface area (Å²) in [6, 6.07) is 7.46. The van der Waals surface area contributed by atoms with Crippen molar-refractivity contribution in [2.75, 3.05) is 0 Å². The monoisotopic (exact) mass is 222 g/mol. The molecular weight excluding hydrogens is 200 g/mol. The van der Waals surface area contributed by atoms with Gasteiger partial charge in [-0.05, 0) is 36.3 Å². The van der Waals surface area contributed by atoms with Crippen molar-refractivity contribution in [3.8, 4) is 5.75 Å². The number of aliphatic hydroxyl groups excluding tert-OH is 1. The van der Waals surface area contributed by atoms with Gasteiger partial charge in [0.1, 0.15) is 5.75 Å². The third-order valence-electron chi connectivity index (χ3n) is 2.79. The van der Waals surface area contributed by atoms with Gasteiger partial charge in [-0.1, -0.05) is 39.0 Å². The molecule has 0 bridgehead atoms. The molecule has 0 atom stereocenters. The standard InChI is InChI=1S/C10H14O.C4H8O/c1-10(2,3)8-6-4-5-7-9(8)11;5-4-2-1-3-4/h4-7,11H,1-3H3;4-5H,1-3H2. The first-order valence-electron chi connectivity index (χ1n) is 5.88. The van der Waals surface area contributed by atoms with Gasteiger partial charge in [-0.25, -0.2) is 0 Å². The van der Waals surface area contributed by atoms with Gasteiger partial charge in [0.2, 0.25) is 0 Å². The Morgan fingerprint density at radius 3 is 1.88 bits per heavy atom. The van der Waals surface area contributed by atoms with Crippen molar-refractivity contribution in [3.63, 3.8) is 0 Å². The predicted octanol–water partition coefficient (Wildman–Crippen LogP) is 3.22. The van der Waals surface area contributed by atoms with E-state index in [1.807, 2.05) is 18.2 Å². The minimum Gasteiger partial charge on any atom is -0.508 e. The highest BCUT2D eigenvalue weighted by molar-refractivity contribution is 5.36. The topological polar surface area (TPSA) is 40.5 Å². The van der Waals surface area contributed by atoms with Gasteiger partial charge in [-0.15, -0.1) is 0 Å². The highest BCUT2D eigenvalue weighted by Gasteiger charge is 2.16. The van der Waals surface area contributed by atoms with Crippen LogP contribution in [0.2, 0.25) is 0 Å². The zero-order valence-corrected chi connectivity index (χ0v) is 10.4. The minimum atomic E-state index is 0.0331. The van der Waals surface area contributed by atoms with E-state index in [0.717, 1.165) is 18.4 Å². The van der Waals surface area contributed by atoms with Crippen LogP contribution in [0.4, 0.5) is 0 Å². The molecule has 16 heavy (non-hydrogen) atoms. The van der Waals surface area contributed by atoms with Gasteiger partial charge >= 0.3 is 0 Å². The highest BCUT2D eigenvalue weighted by atomic mass is 16.3. The molecule has 1 aromatic rings. The molecule has 2 heteroatoms. The Balaban J connectivity index is 0.000000212. The molecule has 1 aliphatic rings. The molecule has 1 fully saturated rings. The summed E-state index contributed by atoms with van der Waals surface area (Å²) in [5, 5.41) is 17.9. The van der Waals surface area contributed by atoms with E-state index in [2.05, 4.69) is 20.8 Å². The molecule has 0 radical (unpaired) electrons. The summed E-state index contributed by atoms with van der Waals surface area (Å²) in [6.07, 6.45) is 3.39. The van der Waals surface area contributed by atoms with E-state index in [9.17, 15) is 5.11 Å². The zero-order chi connectivity index (χ0) is 12.2. The maximum Gasteiger partial charge on any atom is 0.119 e. The second-order valence-electron chi connectivity index (χ2n) is 5.35. The van der Waals surface area contributed by atoms with Crippen LogP contribution < -0.4 is 0 Å². The van der Waals surface area contributed by atoms with E-state index in [4.69, 9.17) is 5.11 Å². The Kier molecular flexibility index (Phi) is 4.36. The molecule has 2 N–H and O–H groups in total. The number of hydrogen-bond donors (Lipinski definition) is 2. The zero-order valence-electron chi connectivity index (χ0n) is 10.4. The van der Waals surface area contributed by atoms with E-state index in [-0.39, 0.29) is 11.5 Å². The van der Waals surface area contributed by atoms with Crippen molar-refractivity contribution < 1.29 is 10.2 Å². The molecule has 0 amide bonds. The van der Waals surface area contributed by atoms with Crippen molar-refractivity contribution in [2.24, 2.45) is 0 Å². The maximum atomic E-state index is 9.45. The fourth-order valence-electron chi connectivity index (χ4n) is 1.49. The summed E-state index contributed by atoms with van der Waals surface area (Å²) in [7, 11) is 0. The van der Waals surface area contributed by atoms with Crippen LogP contribution in [0.3, 0.4) is 0 Å². The maximum absolute atomic E-state index is 9.45. The van der Waals surface area contributed by atoms with Gasteiger partial charge in [0.15, 0.2) is 0 Å². The Labute approximate surface area is 97.9 Å². The van der Waals surface area contributed by atoms with Crippen LogP contribution in [-0.2, 0) is 5.41 Å². The summed E-state index contributed by atoms with van der Waals surface area (Å²) < 4.78 is 0. The van der Waals surface area contributed by atoms with Crippen molar-refractivity contribution in [1.82, 2.24) is 0 Å². The number of rotatable bonds is 0. The molecule has 1 aliphatic carbocycles. The molecule has 0 aromatic heterocycles. The molecule has 0 aliphatic heterocycles. The van der Waals surface area contributed by atoms with E-state index < -0.39 is 0 Å². The fourth-order valence-corrected chi connectivity index (χ4v) is 1.49. The van der Waals surface area contributed by atoms with Crippen LogP contribution >= 0.6 is 0 Å². The van der Waals surface area contributed by atoms with Gasteiger partial charge in [-0.3, -0.25) is 0 Å². The quantitative estimate of drug-likeness (QED) is 0.707. The van der Waals surface area contributed by atoms with E-state index in [1.54, 1.807) is 6.07 Å². The molecule has 0 saturated heterocycles. The lowest BCUT2D eigenvalue weighted by molar-refractivity contribution is 0.0950. The second-order valence-corrected chi connectivity index (χ2v) is 5.35. The Morgan fingerprint density at radius 1 is 1.12 bits per heavy atom. The fraction of sp³-hybridized carbons (Fsp3) is 0.571. The van der Waals surface area contributed by atoms with Gasteiger partial charge in [0, 0.05) is 0 Å². The third kappa shape index (κ3) is 3.86. The van der Waals surface area contributed by atoms with Crippen LogP contribution in [0.15, 0.2) is 24.3 Å². The molecule has 0 heterocycles. The average molecular weight is 222 g/mol. The number of hydrogen-bond acceptors (Lipinski definition) is 2. The van der Waals surface area contributed by atoms with Gasteiger partial charge in [0.05, 0.1) is 6.10 Å². The largest absolute Gasteiger partial charge is 0.508 e. The Hall–Kier alpha value is -1.02. The Bertz CT molecular complexity index is 322. The van der Waals surface area contributed by atoms with Gasteiger partial charge < -0.3 is 10.2 Å². The molecule has 0 unspecified atom stereocenters. The number of phenols is 1. The van der Waals surface area contributed by atoms with Crippen LogP contribution in [0, 0.1) is 0 Å². The molecule has 2 nitrogen and oxygen atoms in total. The van der Waals surface area contributed by atoms with Crippen molar-refractivity contribution >= 4 is 0 Å². The molecular formula is C14H22O2. The number of benzene rings is 1. The molecule has 1 saturated carbocycles. The SMILES string of the molecule is CC(C)(C)c1ccccc1O.OC1CCC1. The van der Waals surface area contributed by atoms with E-state index >= 15 is 0 Å². The van der Waals surface area contributed by atoms with Crippen molar-refractivity contribution in [2.45, 2.75) is 51.6 Å². The van der Waals surface area contributed by atoms with Crippen LogP contribution in [-0.4, -0.2) is 16.3 Å². The molecule has 90 valence electrons. The van der Waals surface area contributed by atoms with Crippen LogP contribution in [0.1, 0.15) is 45.6 Å². The number of aromatic hydroxyl groups is 1. The number of aliphatic hydroxyl groups is 1. The lowest BCUT2D eigenvalue weighted by Crippen LogP contribution is -2.15. The normalized spacial score (nSPS) is 16.0.